The number of tetrazole rings is 1. The molecule has 0 amide bonds. The first-order chi connectivity index (χ1) is 18.2. The van der Waals surface area contributed by atoms with Gasteiger partial charge in [-0.2, -0.15) is 10.3 Å². The van der Waals surface area contributed by atoms with Gasteiger partial charge in [0.2, 0.25) is 5.82 Å². The molecule has 37 heavy (non-hydrogen) atoms. The van der Waals surface area contributed by atoms with Gasteiger partial charge >= 0.3 is 0 Å². The smallest absolute Gasteiger partial charge is 0.257 e. The number of aromatic amines is 1. The number of aromatic nitrogens is 7. The molecule has 9 nitrogen and oxygen atoms in total. The molecule has 1 N–H and O–H groups in total. The number of H-pyrrole nitrogens is 1. The third-order valence-electron chi connectivity index (χ3n) is 7.15. The van der Waals surface area contributed by atoms with Crippen LogP contribution in [0.3, 0.4) is 0 Å². The third-order valence-corrected chi connectivity index (χ3v) is 7.15. The maximum atomic E-state index is 14.0. The average molecular weight is 496 g/mol. The van der Waals surface area contributed by atoms with Gasteiger partial charge in [-0.05, 0) is 41.2 Å². The number of benzene rings is 2. The predicted molar refractivity (Wildman–Crippen MR) is 140 cm³/mol. The van der Waals surface area contributed by atoms with Crippen molar-refractivity contribution in [2.45, 2.75) is 45.1 Å². The molecule has 1 aliphatic heterocycles. The van der Waals surface area contributed by atoms with E-state index in [4.69, 9.17) is 4.74 Å². The molecule has 0 aliphatic carbocycles. The first-order valence-electron chi connectivity index (χ1n) is 12.8. The minimum absolute atomic E-state index is 0.0925. The van der Waals surface area contributed by atoms with Crippen LogP contribution in [0.15, 0.2) is 65.6 Å². The van der Waals surface area contributed by atoms with Crippen LogP contribution in [-0.4, -0.2) is 48.0 Å². The molecule has 3 aromatic heterocycles. The number of rotatable bonds is 7. The predicted octanol–water partition coefficient (Wildman–Crippen LogP) is 4.24. The van der Waals surface area contributed by atoms with Gasteiger partial charge in [0.05, 0.1) is 11.9 Å². The fourth-order valence-electron chi connectivity index (χ4n) is 5.37. The van der Waals surface area contributed by atoms with Crippen molar-refractivity contribution in [2.24, 2.45) is 0 Å². The molecule has 0 unspecified atom stereocenters. The Labute approximate surface area is 214 Å². The summed E-state index contributed by atoms with van der Waals surface area (Å²) in [7, 11) is 0. The molecule has 4 heterocycles. The molecular weight excluding hydrogens is 466 g/mol. The Balaban J connectivity index is 1.39. The lowest BCUT2D eigenvalue weighted by atomic mass is 9.96. The number of nitrogens with zero attached hydrogens (tertiary/aromatic N) is 6. The van der Waals surface area contributed by atoms with E-state index in [-0.39, 0.29) is 11.6 Å². The molecule has 0 atom stereocenters. The topological polar surface area (TPSA) is 103 Å². The summed E-state index contributed by atoms with van der Waals surface area (Å²) in [5.41, 5.74) is 6.87. The average Bonchev–Trinajstić information content (AvgIpc) is 3.65. The number of hydrogen-bond acceptors (Lipinski definition) is 6. The third kappa shape index (κ3) is 4.35. The summed E-state index contributed by atoms with van der Waals surface area (Å²) in [5.74, 6) is 0.560. The Morgan fingerprint density at radius 1 is 1.03 bits per heavy atom. The van der Waals surface area contributed by atoms with Gasteiger partial charge in [-0.15, -0.1) is 10.2 Å². The van der Waals surface area contributed by atoms with E-state index in [1.54, 1.807) is 6.20 Å². The van der Waals surface area contributed by atoms with Gasteiger partial charge in [0.15, 0.2) is 0 Å². The molecule has 5 aromatic rings. The Morgan fingerprint density at radius 2 is 1.81 bits per heavy atom. The summed E-state index contributed by atoms with van der Waals surface area (Å²) in [6.07, 6.45) is 5.76. The zero-order valence-corrected chi connectivity index (χ0v) is 20.8. The number of fused-ring (bicyclic) bond motifs is 1. The molecule has 9 heteroatoms. The van der Waals surface area contributed by atoms with E-state index in [9.17, 15) is 4.79 Å². The second-order valence-corrected chi connectivity index (χ2v) is 9.45. The first kappa shape index (κ1) is 23.3. The van der Waals surface area contributed by atoms with Gasteiger partial charge in [0.25, 0.3) is 5.56 Å². The Kier molecular flexibility index (Phi) is 6.36. The van der Waals surface area contributed by atoms with Crippen LogP contribution in [-0.2, 0) is 17.6 Å². The fraction of sp³-hybridized carbons (Fsp3) is 0.321. The van der Waals surface area contributed by atoms with Crippen molar-refractivity contribution in [1.82, 2.24) is 34.8 Å². The van der Waals surface area contributed by atoms with Crippen LogP contribution in [0.25, 0.3) is 28.2 Å². The summed E-state index contributed by atoms with van der Waals surface area (Å²) in [5, 5.41) is 19.2. The van der Waals surface area contributed by atoms with Crippen LogP contribution in [0.4, 0.5) is 0 Å². The maximum absolute atomic E-state index is 14.0. The van der Waals surface area contributed by atoms with Gasteiger partial charge in [0.1, 0.15) is 5.65 Å². The normalized spacial score (nSPS) is 14.4. The van der Waals surface area contributed by atoms with E-state index in [1.807, 2.05) is 33.3 Å². The van der Waals surface area contributed by atoms with Crippen molar-refractivity contribution >= 4 is 5.65 Å². The van der Waals surface area contributed by atoms with Crippen molar-refractivity contribution in [3.8, 4) is 22.5 Å². The van der Waals surface area contributed by atoms with Gasteiger partial charge in [0, 0.05) is 42.9 Å². The fourth-order valence-corrected chi connectivity index (χ4v) is 5.37. The van der Waals surface area contributed by atoms with Crippen molar-refractivity contribution in [3.05, 3.63) is 88.0 Å². The molecule has 0 saturated carbocycles. The highest BCUT2D eigenvalue weighted by Crippen LogP contribution is 2.30. The summed E-state index contributed by atoms with van der Waals surface area (Å²) in [6, 6.07) is 18.5. The highest BCUT2D eigenvalue weighted by molar-refractivity contribution is 5.80. The highest BCUT2D eigenvalue weighted by atomic mass is 16.5. The number of nitrogens with one attached hydrogen (secondary N) is 1. The van der Waals surface area contributed by atoms with Crippen LogP contribution < -0.4 is 5.56 Å². The molecule has 1 saturated heterocycles. The standard InChI is InChI=1S/C28H29N7O2/c1-2-5-25-24(28(36)34(21-13-16-37-17-14-21)26-12-15-29-35(25)26)18-19-8-10-20(11-9-19)22-6-3-4-7-23(22)27-30-32-33-31-27/h3-4,6-12,15,21H,2,5,13-14,16-18H2,1H3,(H,30,31,32,33). The van der Waals surface area contributed by atoms with Crippen LogP contribution in [0.2, 0.25) is 0 Å². The largest absolute Gasteiger partial charge is 0.381 e. The Bertz CT molecular complexity index is 1560. The van der Waals surface area contributed by atoms with Crippen molar-refractivity contribution < 1.29 is 4.74 Å². The van der Waals surface area contributed by atoms with Crippen LogP contribution >= 0.6 is 0 Å². The van der Waals surface area contributed by atoms with E-state index in [1.165, 1.54) is 0 Å². The molecule has 0 spiro atoms. The number of hydrogen-bond donors (Lipinski definition) is 1. The van der Waals surface area contributed by atoms with Gasteiger partial charge in [-0.3, -0.25) is 9.36 Å². The molecule has 0 bridgehead atoms. The lowest BCUT2D eigenvalue weighted by Gasteiger charge is -2.26. The SMILES string of the molecule is CCCc1c(Cc2ccc(-c3ccccc3-c3nn[nH]n3)cc2)c(=O)n(C2CCOCC2)c2ccnn12. The quantitative estimate of drug-likeness (QED) is 0.362. The molecule has 1 aliphatic rings. The van der Waals surface area contributed by atoms with Gasteiger partial charge in [-0.1, -0.05) is 61.9 Å². The van der Waals surface area contributed by atoms with Crippen LogP contribution in [0, 0.1) is 0 Å². The molecule has 1 fully saturated rings. The minimum Gasteiger partial charge on any atom is -0.381 e. The van der Waals surface area contributed by atoms with Crippen LogP contribution in [0.1, 0.15) is 49.0 Å². The van der Waals surface area contributed by atoms with Crippen molar-refractivity contribution in [3.63, 3.8) is 0 Å². The lowest BCUT2D eigenvalue weighted by molar-refractivity contribution is 0.0694. The molecule has 188 valence electrons. The monoisotopic (exact) mass is 495 g/mol. The molecule has 0 radical (unpaired) electrons. The second kappa shape index (κ2) is 10.1. The van der Waals surface area contributed by atoms with E-state index in [0.717, 1.165) is 64.8 Å². The zero-order chi connectivity index (χ0) is 25.2. The highest BCUT2D eigenvalue weighted by Gasteiger charge is 2.24. The summed E-state index contributed by atoms with van der Waals surface area (Å²) in [4.78, 5) is 14.0. The number of aryl methyl sites for hydroxylation is 1. The van der Waals surface area contributed by atoms with E-state index in [0.29, 0.717) is 25.5 Å². The summed E-state index contributed by atoms with van der Waals surface area (Å²) in [6.45, 7) is 3.49. The maximum Gasteiger partial charge on any atom is 0.257 e. The van der Waals surface area contributed by atoms with Crippen molar-refractivity contribution in [1.29, 1.82) is 0 Å². The van der Waals surface area contributed by atoms with Crippen molar-refractivity contribution in [2.75, 3.05) is 13.2 Å². The zero-order valence-electron chi connectivity index (χ0n) is 20.8. The lowest BCUT2D eigenvalue weighted by Crippen LogP contribution is -2.34. The first-order valence-corrected chi connectivity index (χ1v) is 12.8. The molecule has 2 aromatic carbocycles. The number of ether oxygens (including phenoxy) is 1. The van der Waals surface area contributed by atoms with Crippen LogP contribution in [0.5, 0.6) is 0 Å². The summed E-state index contributed by atoms with van der Waals surface area (Å²) >= 11 is 0. The van der Waals surface area contributed by atoms with Gasteiger partial charge in [-0.25, -0.2) is 4.52 Å². The Hall–Kier alpha value is -4.11. The minimum atomic E-state index is 0.0925. The van der Waals surface area contributed by atoms with Gasteiger partial charge < -0.3 is 4.74 Å². The molecule has 6 rings (SSSR count). The Morgan fingerprint density at radius 3 is 2.54 bits per heavy atom. The van der Waals surface area contributed by atoms with E-state index >= 15 is 0 Å². The van der Waals surface area contributed by atoms with E-state index in [2.05, 4.69) is 63.0 Å². The van der Waals surface area contributed by atoms with E-state index < -0.39 is 0 Å². The summed E-state index contributed by atoms with van der Waals surface area (Å²) < 4.78 is 9.51. The molecular formula is C28H29N7O2. The second-order valence-electron chi connectivity index (χ2n) is 9.45.